The Balaban J connectivity index is 2.41. The van der Waals surface area contributed by atoms with Crippen LogP contribution in [0.25, 0.3) is 0 Å². The lowest BCUT2D eigenvalue weighted by Crippen LogP contribution is -2.11. The van der Waals surface area contributed by atoms with Crippen molar-refractivity contribution in [2.45, 2.75) is 19.2 Å². The first-order valence-corrected chi connectivity index (χ1v) is 7.68. The molecular weight excluding hydrogens is 322 g/mol. The van der Waals surface area contributed by atoms with Gasteiger partial charge in [0.2, 0.25) is 0 Å². The fourth-order valence-corrected chi connectivity index (χ4v) is 2.90. The van der Waals surface area contributed by atoms with Gasteiger partial charge in [0.05, 0.1) is 10.7 Å². The highest BCUT2D eigenvalue weighted by molar-refractivity contribution is 9.08. The second-order valence-electron chi connectivity index (χ2n) is 4.77. The van der Waals surface area contributed by atoms with Gasteiger partial charge in [0.1, 0.15) is 0 Å². The molecule has 2 aromatic rings. The number of anilines is 2. The van der Waals surface area contributed by atoms with E-state index in [-0.39, 0.29) is 0 Å². The van der Waals surface area contributed by atoms with Crippen LogP contribution in [0, 0.1) is 13.8 Å². The van der Waals surface area contributed by atoms with Gasteiger partial charge >= 0.3 is 0 Å². The second-order valence-corrected chi connectivity index (χ2v) is 5.74. The van der Waals surface area contributed by atoms with Gasteiger partial charge in [-0.3, -0.25) is 0 Å². The summed E-state index contributed by atoms with van der Waals surface area (Å²) in [4.78, 5) is 2.13. The van der Waals surface area contributed by atoms with Crippen molar-refractivity contribution in [3.05, 3.63) is 58.1 Å². The summed E-state index contributed by atoms with van der Waals surface area (Å²) < 4.78 is 0. The minimum absolute atomic E-state index is 0.777. The molecule has 0 aliphatic heterocycles. The van der Waals surface area contributed by atoms with E-state index < -0.39 is 0 Å². The van der Waals surface area contributed by atoms with Crippen molar-refractivity contribution in [3.63, 3.8) is 0 Å². The van der Waals surface area contributed by atoms with Gasteiger partial charge < -0.3 is 4.90 Å². The van der Waals surface area contributed by atoms with E-state index in [1.807, 2.05) is 13.1 Å². The molecule has 3 heteroatoms. The topological polar surface area (TPSA) is 3.24 Å². The largest absolute Gasteiger partial charge is 0.343 e. The average Bonchev–Trinajstić information content (AvgIpc) is 2.37. The molecule has 19 heavy (non-hydrogen) atoms. The number of rotatable bonds is 3. The molecule has 0 radical (unpaired) electrons. The average molecular weight is 339 g/mol. The highest BCUT2D eigenvalue weighted by Gasteiger charge is 2.10. The number of nitrogens with zero attached hydrogens (tertiary/aromatic N) is 1. The maximum Gasteiger partial charge on any atom is 0.0646 e. The van der Waals surface area contributed by atoms with Crippen LogP contribution in [-0.4, -0.2) is 7.05 Å². The maximum absolute atomic E-state index is 6.37. The van der Waals surface area contributed by atoms with Crippen LogP contribution < -0.4 is 4.90 Å². The van der Waals surface area contributed by atoms with E-state index in [2.05, 4.69) is 65.0 Å². The Morgan fingerprint density at radius 1 is 1.05 bits per heavy atom. The van der Waals surface area contributed by atoms with Crippen molar-refractivity contribution < 1.29 is 0 Å². The lowest BCUT2D eigenvalue weighted by molar-refractivity contribution is 1.17. The number of aryl methyl sites for hydroxylation is 2. The van der Waals surface area contributed by atoms with Crippen LogP contribution in [-0.2, 0) is 5.33 Å². The lowest BCUT2D eigenvalue weighted by Gasteiger charge is -2.23. The highest BCUT2D eigenvalue weighted by Crippen LogP contribution is 2.33. The van der Waals surface area contributed by atoms with Gasteiger partial charge in [-0.05, 0) is 43.2 Å². The summed E-state index contributed by atoms with van der Waals surface area (Å²) in [6, 6.07) is 12.6. The molecule has 0 fully saturated rings. The molecule has 0 N–H and O–H groups in total. The first-order chi connectivity index (χ1) is 9.02. The molecule has 0 saturated carbocycles. The normalized spacial score (nSPS) is 10.6. The molecular formula is C16H17BrClN. The molecule has 0 bridgehead atoms. The zero-order valence-corrected chi connectivity index (χ0v) is 13.7. The molecule has 0 aliphatic rings. The zero-order chi connectivity index (χ0) is 14.0. The van der Waals surface area contributed by atoms with E-state index in [9.17, 15) is 0 Å². The molecule has 0 heterocycles. The van der Waals surface area contributed by atoms with Crippen LogP contribution in [0.1, 0.15) is 16.7 Å². The van der Waals surface area contributed by atoms with Crippen molar-refractivity contribution in [3.8, 4) is 0 Å². The summed E-state index contributed by atoms with van der Waals surface area (Å²) in [5, 5.41) is 1.60. The quantitative estimate of drug-likeness (QED) is 0.657. The van der Waals surface area contributed by atoms with Gasteiger partial charge in [-0.15, -0.1) is 0 Å². The van der Waals surface area contributed by atoms with Gasteiger partial charge in [-0.1, -0.05) is 51.3 Å². The summed E-state index contributed by atoms with van der Waals surface area (Å²) >= 11 is 9.82. The highest BCUT2D eigenvalue weighted by atomic mass is 79.9. The van der Waals surface area contributed by atoms with Crippen molar-refractivity contribution in [1.82, 2.24) is 0 Å². The van der Waals surface area contributed by atoms with Crippen LogP contribution >= 0.6 is 27.5 Å². The Morgan fingerprint density at radius 3 is 2.32 bits per heavy atom. The summed E-state index contributed by atoms with van der Waals surface area (Å²) in [5.41, 5.74) is 5.92. The van der Waals surface area contributed by atoms with Gasteiger partial charge in [0.15, 0.2) is 0 Å². The van der Waals surface area contributed by atoms with E-state index in [1.54, 1.807) is 0 Å². The summed E-state index contributed by atoms with van der Waals surface area (Å²) in [6.07, 6.45) is 0. The first-order valence-electron chi connectivity index (χ1n) is 6.18. The van der Waals surface area contributed by atoms with Crippen LogP contribution in [0.2, 0.25) is 5.02 Å². The van der Waals surface area contributed by atoms with Gasteiger partial charge in [-0.25, -0.2) is 0 Å². The molecule has 0 amide bonds. The zero-order valence-electron chi connectivity index (χ0n) is 11.4. The van der Waals surface area contributed by atoms with Crippen molar-refractivity contribution in [2.75, 3.05) is 11.9 Å². The SMILES string of the molecule is Cc1ccc(N(C)c2ccc(CBr)cc2Cl)c(C)c1. The number of benzene rings is 2. The third-order valence-corrected chi connectivity index (χ3v) is 4.19. The van der Waals surface area contributed by atoms with Crippen LogP contribution in [0.5, 0.6) is 0 Å². The number of hydrogen-bond acceptors (Lipinski definition) is 1. The van der Waals surface area contributed by atoms with Crippen molar-refractivity contribution in [2.24, 2.45) is 0 Å². The molecule has 0 saturated heterocycles. The smallest absolute Gasteiger partial charge is 0.0646 e. The van der Waals surface area contributed by atoms with Gasteiger partial charge in [0.25, 0.3) is 0 Å². The Bertz CT molecular complexity index is 595. The molecule has 0 aliphatic carbocycles. The predicted molar refractivity (Wildman–Crippen MR) is 88.1 cm³/mol. The molecule has 100 valence electrons. The summed E-state index contributed by atoms with van der Waals surface area (Å²) in [5.74, 6) is 0. The summed E-state index contributed by atoms with van der Waals surface area (Å²) in [6.45, 7) is 4.23. The van der Waals surface area contributed by atoms with E-state index in [1.165, 1.54) is 22.4 Å². The third-order valence-electron chi connectivity index (χ3n) is 3.24. The Hall–Kier alpha value is -0.990. The first kappa shape index (κ1) is 14.4. The number of halogens is 2. The van der Waals surface area contributed by atoms with Gasteiger partial charge in [0, 0.05) is 18.1 Å². The number of hydrogen-bond donors (Lipinski definition) is 0. The van der Waals surface area contributed by atoms with Crippen molar-refractivity contribution in [1.29, 1.82) is 0 Å². The molecule has 1 nitrogen and oxygen atoms in total. The minimum atomic E-state index is 0.777. The Labute approximate surface area is 128 Å². The Morgan fingerprint density at radius 2 is 1.74 bits per heavy atom. The fraction of sp³-hybridized carbons (Fsp3) is 0.250. The van der Waals surface area contributed by atoms with E-state index in [4.69, 9.17) is 11.6 Å². The second kappa shape index (κ2) is 5.98. The third kappa shape index (κ3) is 3.13. The maximum atomic E-state index is 6.37. The van der Waals surface area contributed by atoms with Crippen LogP contribution in [0.4, 0.5) is 11.4 Å². The molecule has 2 aromatic carbocycles. The molecule has 2 rings (SSSR count). The molecule has 0 unspecified atom stereocenters. The molecule has 0 spiro atoms. The number of alkyl halides is 1. The van der Waals surface area contributed by atoms with Crippen molar-refractivity contribution >= 4 is 38.9 Å². The van der Waals surface area contributed by atoms with Crippen LogP contribution in [0.3, 0.4) is 0 Å². The van der Waals surface area contributed by atoms with Gasteiger partial charge in [-0.2, -0.15) is 0 Å². The van der Waals surface area contributed by atoms with E-state index in [0.29, 0.717) is 0 Å². The Kier molecular flexibility index (Phi) is 4.54. The molecule has 0 atom stereocenters. The fourth-order valence-electron chi connectivity index (χ4n) is 2.22. The summed E-state index contributed by atoms with van der Waals surface area (Å²) in [7, 11) is 2.05. The van der Waals surface area contributed by atoms with E-state index in [0.717, 1.165) is 16.0 Å². The molecule has 0 aromatic heterocycles. The van der Waals surface area contributed by atoms with Crippen LogP contribution in [0.15, 0.2) is 36.4 Å². The standard InChI is InChI=1S/C16H17BrClN/c1-11-4-6-15(12(2)8-11)19(3)16-7-5-13(10-17)9-14(16)18/h4-9H,10H2,1-3H3. The van der Waals surface area contributed by atoms with E-state index >= 15 is 0 Å². The lowest BCUT2D eigenvalue weighted by atomic mass is 10.1. The monoisotopic (exact) mass is 337 g/mol. The predicted octanol–water partition coefficient (Wildman–Crippen LogP) is 5.62. The minimum Gasteiger partial charge on any atom is -0.343 e.